The van der Waals surface area contributed by atoms with Crippen LogP contribution in [0.25, 0.3) is 0 Å². The lowest BCUT2D eigenvalue weighted by Crippen LogP contribution is -2.40. The molecule has 3 nitrogen and oxygen atoms in total. The first-order valence-electron chi connectivity index (χ1n) is 5.76. The molecule has 1 unspecified atom stereocenters. The lowest BCUT2D eigenvalue weighted by molar-refractivity contribution is 0.0493. The van der Waals surface area contributed by atoms with Crippen LogP contribution in [0.15, 0.2) is 0 Å². The van der Waals surface area contributed by atoms with Gasteiger partial charge >= 0.3 is 0 Å². The molecule has 0 spiro atoms. The van der Waals surface area contributed by atoms with Gasteiger partial charge in [0.15, 0.2) is 0 Å². The first kappa shape index (κ1) is 15.2. The number of hydrogen-bond donors (Lipinski definition) is 1. The van der Waals surface area contributed by atoms with Crippen LogP contribution >= 0.6 is 12.4 Å². The number of halogens is 1. The number of rotatable bonds is 5. The summed E-state index contributed by atoms with van der Waals surface area (Å²) in [6.45, 7) is 9.30. The van der Waals surface area contributed by atoms with Gasteiger partial charge in [-0.1, -0.05) is 0 Å². The fourth-order valence-corrected chi connectivity index (χ4v) is 1.96. The molecule has 1 aliphatic heterocycles. The second-order valence-corrected chi connectivity index (χ2v) is 4.46. The number of likely N-dealkylation sites (tertiary alicyclic amines) is 1. The van der Waals surface area contributed by atoms with Gasteiger partial charge in [-0.15, -0.1) is 12.4 Å². The van der Waals surface area contributed by atoms with E-state index in [0.717, 1.165) is 26.2 Å². The van der Waals surface area contributed by atoms with Gasteiger partial charge in [-0.3, -0.25) is 0 Å². The average molecular weight is 237 g/mol. The quantitative estimate of drug-likeness (QED) is 0.787. The molecule has 1 fully saturated rings. The number of hydrogen-bond acceptors (Lipinski definition) is 3. The van der Waals surface area contributed by atoms with Crippen LogP contribution in [0, 0.1) is 5.92 Å². The Morgan fingerprint density at radius 3 is 2.80 bits per heavy atom. The van der Waals surface area contributed by atoms with E-state index in [4.69, 9.17) is 10.5 Å². The number of ether oxygens (including phenoxy) is 1. The molecule has 0 aromatic rings. The molecule has 92 valence electrons. The van der Waals surface area contributed by atoms with Crippen molar-refractivity contribution >= 4 is 12.4 Å². The normalized spacial score (nSPS) is 22.8. The van der Waals surface area contributed by atoms with Crippen molar-refractivity contribution in [3.63, 3.8) is 0 Å². The summed E-state index contributed by atoms with van der Waals surface area (Å²) in [5.74, 6) is 0.711. The molecule has 1 rings (SSSR count). The van der Waals surface area contributed by atoms with E-state index in [2.05, 4.69) is 18.7 Å². The third-order valence-electron chi connectivity index (χ3n) is 2.80. The second kappa shape index (κ2) is 8.34. The molecule has 1 aliphatic rings. The van der Waals surface area contributed by atoms with Crippen molar-refractivity contribution < 1.29 is 4.74 Å². The van der Waals surface area contributed by atoms with Crippen molar-refractivity contribution in [1.29, 1.82) is 0 Å². The predicted molar refractivity (Wildman–Crippen MR) is 66.6 cm³/mol. The third-order valence-corrected chi connectivity index (χ3v) is 2.80. The fraction of sp³-hybridized carbons (Fsp3) is 1.00. The molecule has 0 aromatic carbocycles. The van der Waals surface area contributed by atoms with E-state index in [-0.39, 0.29) is 12.4 Å². The Kier molecular flexibility index (Phi) is 8.43. The fourth-order valence-electron chi connectivity index (χ4n) is 1.96. The monoisotopic (exact) mass is 236 g/mol. The zero-order valence-electron chi connectivity index (χ0n) is 9.95. The molecular weight excluding hydrogens is 212 g/mol. The van der Waals surface area contributed by atoms with Gasteiger partial charge in [0.1, 0.15) is 0 Å². The molecule has 1 atom stereocenters. The Morgan fingerprint density at radius 2 is 2.20 bits per heavy atom. The minimum atomic E-state index is 0. The predicted octanol–water partition coefficient (Wildman–Crippen LogP) is 1.50. The lowest BCUT2D eigenvalue weighted by atomic mass is 9.98. The Hall–Kier alpha value is 0.170. The summed E-state index contributed by atoms with van der Waals surface area (Å²) in [6, 6.07) is 0. The van der Waals surface area contributed by atoms with E-state index in [0.29, 0.717) is 12.0 Å². The molecule has 0 aromatic heterocycles. The van der Waals surface area contributed by atoms with Crippen LogP contribution in [0.2, 0.25) is 0 Å². The largest absolute Gasteiger partial charge is 0.377 e. The van der Waals surface area contributed by atoms with Crippen molar-refractivity contribution in [2.24, 2.45) is 11.7 Å². The highest BCUT2D eigenvalue weighted by Gasteiger charge is 2.17. The van der Waals surface area contributed by atoms with E-state index in [1.54, 1.807) is 0 Å². The zero-order valence-corrected chi connectivity index (χ0v) is 10.8. The van der Waals surface area contributed by atoms with Gasteiger partial charge in [0.2, 0.25) is 0 Å². The molecule has 2 N–H and O–H groups in total. The van der Waals surface area contributed by atoms with Gasteiger partial charge in [0, 0.05) is 13.1 Å². The molecule has 15 heavy (non-hydrogen) atoms. The summed E-state index contributed by atoms with van der Waals surface area (Å²) >= 11 is 0. The summed E-state index contributed by atoms with van der Waals surface area (Å²) in [5, 5.41) is 0. The van der Waals surface area contributed by atoms with E-state index < -0.39 is 0 Å². The Labute approximate surface area is 99.7 Å². The Morgan fingerprint density at radius 1 is 1.47 bits per heavy atom. The first-order valence-corrected chi connectivity index (χ1v) is 5.76. The van der Waals surface area contributed by atoms with E-state index in [1.807, 2.05) is 0 Å². The van der Waals surface area contributed by atoms with Crippen molar-refractivity contribution in [1.82, 2.24) is 4.90 Å². The molecule has 0 saturated carbocycles. The molecule has 0 aliphatic carbocycles. The minimum absolute atomic E-state index is 0. The van der Waals surface area contributed by atoms with Crippen molar-refractivity contribution in [2.45, 2.75) is 32.8 Å². The second-order valence-electron chi connectivity index (χ2n) is 4.46. The van der Waals surface area contributed by atoms with Gasteiger partial charge < -0.3 is 15.4 Å². The maximum atomic E-state index is 5.68. The molecule has 0 radical (unpaired) electrons. The van der Waals surface area contributed by atoms with Crippen LogP contribution in [-0.4, -0.2) is 43.8 Å². The smallest absolute Gasteiger partial charge is 0.0596 e. The highest BCUT2D eigenvalue weighted by molar-refractivity contribution is 5.85. The van der Waals surface area contributed by atoms with Gasteiger partial charge in [0.05, 0.1) is 12.7 Å². The number of piperidine rings is 1. The summed E-state index contributed by atoms with van der Waals surface area (Å²) in [7, 11) is 0. The highest BCUT2D eigenvalue weighted by Crippen LogP contribution is 2.14. The van der Waals surface area contributed by atoms with Gasteiger partial charge in [-0.25, -0.2) is 0 Å². The van der Waals surface area contributed by atoms with E-state index in [9.17, 15) is 0 Å². The Bertz CT molecular complexity index is 156. The van der Waals surface area contributed by atoms with Crippen LogP contribution in [0.4, 0.5) is 0 Å². The van der Waals surface area contributed by atoms with Gasteiger partial charge in [0.25, 0.3) is 0 Å². The lowest BCUT2D eigenvalue weighted by Gasteiger charge is -2.32. The maximum absolute atomic E-state index is 5.68. The van der Waals surface area contributed by atoms with Crippen LogP contribution in [-0.2, 0) is 4.74 Å². The summed E-state index contributed by atoms with van der Waals surface area (Å²) < 4.78 is 5.54. The summed E-state index contributed by atoms with van der Waals surface area (Å²) in [5.41, 5.74) is 5.68. The topological polar surface area (TPSA) is 38.5 Å². The van der Waals surface area contributed by atoms with Crippen LogP contribution in [0.1, 0.15) is 26.7 Å². The highest BCUT2D eigenvalue weighted by atomic mass is 35.5. The molecule has 1 heterocycles. The molecule has 4 heteroatoms. The maximum Gasteiger partial charge on any atom is 0.0596 e. The summed E-state index contributed by atoms with van der Waals surface area (Å²) in [6.07, 6.45) is 2.95. The van der Waals surface area contributed by atoms with E-state index >= 15 is 0 Å². The van der Waals surface area contributed by atoms with Crippen LogP contribution in [0.5, 0.6) is 0 Å². The number of nitrogens with two attached hydrogens (primary N) is 1. The average Bonchev–Trinajstić information content (AvgIpc) is 2.18. The van der Waals surface area contributed by atoms with Crippen molar-refractivity contribution in [3.8, 4) is 0 Å². The van der Waals surface area contributed by atoms with Crippen molar-refractivity contribution in [3.05, 3.63) is 0 Å². The summed E-state index contributed by atoms with van der Waals surface area (Å²) in [4.78, 5) is 2.48. The van der Waals surface area contributed by atoms with Crippen LogP contribution < -0.4 is 5.73 Å². The van der Waals surface area contributed by atoms with Gasteiger partial charge in [-0.2, -0.15) is 0 Å². The number of nitrogens with zero attached hydrogens (tertiary/aromatic N) is 1. The third kappa shape index (κ3) is 6.36. The van der Waals surface area contributed by atoms with Gasteiger partial charge in [-0.05, 0) is 45.7 Å². The SMILES string of the molecule is CC(C)OCCN1CCCC(CN)C1.Cl. The molecule has 1 saturated heterocycles. The molecule has 0 amide bonds. The standard InChI is InChI=1S/C11H24N2O.ClH/c1-10(2)14-7-6-13-5-3-4-11(8-12)9-13;/h10-11H,3-9,12H2,1-2H3;1H. The zero-order chi connectivity index (χ0) is 10.4. The molecular formula is C11H25ClN2O. The molecule has 0 bridgehead atoms. The first-order chi connectivity index (χ1) is 6.72. The van der Waals surface area contributed by atoms with Crippen LogP contribution in [0.3, 0.4) is 0 Å². The van der Waals surface area contributed by atoms with Crippen molar-refractivity contribution in [2.75, 3.05) is 32.8 Å². The Balaban J connectivity index is 0.00000196. The van der Waals surface area contributed by atoms with E-state index in [1.165, 1.54) is 19.4 Å². The minimum Gasteiger partial charge on any atom is -0.377 e.